The third-order valence-electron chi connectivity index (χ3n) is 1.56. The van der Waals surface area contributed by atoms with Crippen LogP contribution in [0.4, 0.5) is 0 Å². The Kier molecular flexibility index (Phi) is 4.87. The number of aromatic nitrogens is 2. The highest BCUT2D eigenvalue weighted by molar-refractivity contribution is 7.99. The number of imidazole rings is 1. The zero-order valence-corrected chi connectivity index (χ0v) is 7.94. The minimum Gasteiger partial charge on any atom is -0.340 e. The van der Waals surface area contributed by atoms with E-state index >= 15 is 0 Å². The summed E-state index contributed by atoms with van der Waals surface area (Å²) in [7, 11) is 0. The molecule has 0 fully saturated rings. The third kappa shape index (κ3) is 3.78. The van der Waals surface area contributed by atoms with Crippen LogP contribution >= 0.6 is 11.8 Å². The lowest BCUT2D eigenvalue weighted by Gasteiger charge is -1.97. The van der Waals surface area contributed by atoms with Crippen LogP contribution in [0.25, 0.3) is 0 Å². The summed E-state index contributed by atoms with van der Waals surface area (Å²) >= 11 is 1.77. The van der Waals surface area contributed by atoms with Crippen LogP contribution in [-0.4, -0.2) is 22.3 Å². The fraction of sp³-hybridized carbons (Fsp3) is 0.625. The quantitative estimate of drug-likeness (QED) is 0.523. The second-order valence-corrected chi connectivity index (χ2v) is 3.68. The second-order valence-electron chi connectivity index (χ2n) is 2.59. The highest BCUT2D eigenvalue weighted by Crippen LogP contribution is 2.13. The molecular weight excluding hydrogens is 170 g/mol. The van der Waals surface area contributed by atoms with E-state index < -0.39 is 0 Å². The molecule has 12 heavy (non-hydrogen) atoms. The van der Waals surface area contributed by atoms with Crippen LogP contribution < -0.4 is 5.73 Å². The topological polar surface area (TPSA) is 54.7 Å². The van der Waals surface area contributed by atoms with E-state index in [0.29, 0.717) is 0 Å². The summed E-state index contributed by atoms with van der Waals surface area (Å²) in [6.45, 7) is 0.811. The lowest BCUT2D eigenvalue weighted by molar-refractivity contribution is 0.732. The Bertz CT molecular complexity index is 186. The number of rotatable bonds is 6. The molecule has 3 N–H and O–H groups in total. The number of nitrogens with one attached hydrogen (secondary N) is 1. The number of nitrogens with zero attached hydrogens (tertiary/aromatic N) is 1. The number of aromatic amines is 1. The molecule has 0 atom stereocenters. The Morgan fingerprint density at radius 2 is 2.33 bits per heavy atom. The van der Waals surface area contributed by atoms with Gasteiger partial charge in [-0.25, -0.2) is 4.98 Å². The predicted octanol–water partition coefficient (Wildman–Crippen LogP) is 1.63. The van der Waals surface area contributed by atoms with Gasteiger partial charge in [0.2, 0.25) is 0 Å². The van der Waals surface area contributed by atoms with Gasteiger partial charge in [-0.2, -0.15) is 0 Å². The van der Waals surface area contributed by atoms with Crippen molar-refractivity contribution in [1.29, 1.82) is 0 Å². The summed E-state index contributed by atoms with van der Waals surface area (Å²) in [4.78, 5) is 7.17. The van der Waals surface area contributed by atoms with Crippen molar-refractivity contribution >= 4 is 11.8 Å². The standard InChI is InChI=1S/C8H15N3S/c9-4-2-1-3-7-12-8-10-5-6-11-8/h5-6H,1-4,7,9H2,(H,10,11). The lowest BCUT2D eigenvalue weighted by atomic mass is 10.2. The van der Waals surface area contributed by atoms with Crippen molar-refractivity contribution in [2.24, 2.45) is 5.73 Å². The molecule has 0 aliphatic carbocycles. The summed E-state index contributed by atoms with van der Waals surface area (Å²) in [5.74, 6) is 1.13. The zero-order chi connectivity index (χ0) is 8.65. The number of nitrogens with two attached hydrogens (primary N) is 1. The molecule has 0 aromatic carbocycles. The first kappa shape index (κ1) is 9.61. The van der Waals surface area contributed by atoms with Crippen molar-refractivity contribution < 1.29 is 0 Å². The molecule has 3 nitrogen and oxygen atoms in total. The average molecular weight is 185 g/mol. The van der Waals surface area contributed by atoms with E-state index in [9.17, 15) is 0 Å². The maximum atomic E-state index is 5.38. The smallest absolute Gasteiger partial charge is 0.165 e. The van der Waals surface area contributed by atoms with Crippen molar-refractivity contribution in [2.75, 3.05) is 12.3 Å². The largest absolute Gasteiger partial charge is 0.340 e. The summed E-state index contributed by atoms with van der Waals surface area (Å²) in [5, 5.41) is 1.02. The first-order valence-electron chi connectivity index (χ1n) is 4.25. The molecule has 0 aliphatic rings. The highest BCUT2D eigenvalue weighted by Gasteiger charge is 1.94. The Balaban J connectivity index is 1.96. The molecule has 0 radical (unpaired) electrons. The maximum Gasteiger partial charge on any atom is 0.165 e. The number of H-pyrrole nitrogens is 1. The normalized spacial score (nSPS) is 10.4. The van der Waals surface area contributed by atoms with E-state index in [1.807, 2.05) is 6.20 Å². The molecule has 0 aliphatic heterocycles. The Morgan fingerprint density at radius 1 is 1.42 bits per heavy atom. The van der Waals surface area contributed by atoms with Crippen LogP contribution in [0.1, 0.15) is 19.3 Å². The second kappa shape index (κ2) is 6.08. The molecule has 1 heterocycles. The van der Waals surface area contributed by atoms with Gasteiger partial charge in [-0.05, 0) is 19.4 Å². The van der Waals surface area contributed by atoms with Gasteiger partial charge >= 0.3 is 0 Å². The Labute approximate surface area is 77.1 Å². The number of unbranched alkanes of at least 4 members (excludes halogenated alkanes) is 2. The maximum absolute atomic E-state index is 5.38. The van der Waals surface area contributed by atoms with Crippen LogP contribution in [0, 0.1) is 0 Å². The van der Waals surface area contributed by atoms with Crippen LogP contribution in [0.2, 0.25) is 0 Å². The lowest BCUT2D eigenvalue weighted by Crippen LogP contribution is -1.97. The van der Waals surface area contributed by atoms with Gasteiger partial charge in [0.25, 0.3) is 0 Å². The zero-order valence-electron chi connectivity index (χ0n) is 7.12. The van der Waals surface area contributed by atoms with Gasteiger partial charge in [0.15, 0.2) is 5.16 Å². The van der Waals surface area contributed by atoms with Crippen LogP contribution in [-0.2, 0) is 0 Å². The first-order valence-corrected chi connectivity index (χ1v) is 5.24. The number of thioether (sulfide) groups is 1. The number of hydrogen-bond acceptors (Lipinski definition) is 3. The van der Waals surface area contributed by atoms with Crippen molar-refractivity contribution in [2.45, 2.75) is 24.4 Å². The van der Waals surface area contributed by atoms with E-state index in [2.05, 4.69) is 9.97 Å². The van der Waals surface area contributed by atoms with E-state index in [0.717, 1.165) is 23.9 Å². The molecule has 1 aromatic heterocycles. The third-order valence-corrected chi connectivity index (χ3v) is 2.55. The van der Waals surface area contributed by atoms with Gasteiger partial charge in [0.1, 0.15) is 0 Å². The summed E-state index contributed by atoms with van der Waals surface area (Å²) in [6.07, 6.45) is 7.22. The van der Waals surface area contributed by atoms with E-state index in [4.69, 9.17) is 5.73 Å². The van der Waals surface area contributed by atoms with E-state index in [-0.39, 0.29) is 0 Å². The van der Waals surface area contributed by atoms with Crippen molar-refractivity contribution in [1.82, 2.24) is 9.97 Å². The van der Waals surface area contributed by atoms with Gasteiger partial charge in [-0.15, -0.1) is 0 Å². The fourth-order valence-electron chi connectivity index (χ4n) is 0.922. The van der Waals surface area contributed by atoms with E-state index in [1.54, 1.807) is 18.0 Å². The van der Waals surface area contributed by atoms with Crippen LogP contribution in [0.15, 0.2) is 17.6 Å². The molecule has 1 aromatic rings. The SMILES string of the molecule is NCCCCCSc1ncc[nH]1. The van der Waals surface area contributed by atoms with Gasteiger partial charge in [-0.3, -0.25) is 0 Å². The Hall–Kier alpha value is -0.480. The molecule has 0 unspecified atom stereocenters. The fourth-order valence-corrected chi connectivity index (χ4v) is 1.75. The molecule has 0 saturated heterocycles. The first-order chi connectivity index (χ1) is 5.93. The van der Waals surface area contributed by atoms with Crippen molar-refractivity contribution in [3.05, 3.63) is 12.4 Å². The van der Waals surface area contributed by atoms with E-state index in [1.165, 1.54) is 12.8 Å². The molecule has 0 bridgehead atoms. The number of hydrogen-bond donors (Lipinski definition) is 2. The van der Waals surface area contributed by atoms with Crippen LogP contribution in [0.3, 0.4) is 0 Å². The molecule has 4 heteroatoms. The summed E-state index contributed by atoms with van der Waals surface area (Å²) in [6, 6.07) is 0. The molecule has 68 valence electrons. The molecule has 1 rings (SSSR count). The van der Waals surface area contributed by atoms with Crippen molar-refractivity contribution in [3.8, 4) is 0 Å². The van der Waals surface area contributed by atoms with Crippen LogP contribution in [0.5, 0.6) is 0 Å². The monoisotopic (exact) mass is 185 g/mol. The molecule has 0 amide bonds. The van der Waals surface area contributed by atoms with Gasteiger partial charge < -0.3 is 10.7 Å². The summed E-state index contributed by atoms with van der Waals surface area (Å²) < 4.78 is 0. The summed E-state index contributed by atoms with van der Waals surface area (Å²) in [5.41, 5.74) is 5.38. The minimum atomic E-state index is 0.811. The van der Waals surface area contributed by atoms with Gasteiger partial charge in [-0.1, -0.05) is 18.2 Å². The molecule has 0 saturated carbocycles. The van der Waals surface area contributed by atoms with Gasteiger partial charge in [0.05, 0.1) is 0 Å². The van der Waals surface area contributed by atoms with Crippen molar-refractivity contribution in [3.63, 3.8) is 0 Å². The Morgan fingerprint density at radius 3 is 3.00 bits per heavy atom. The highest BCUT2D eigenvalue weighted by atomic mass is 32.2. The van der Waals surface area contributed by atoms with Gasteiger partial charge in [0, 0.05) is 18.1 Å². The minimum absolute atomic E-state index is 0.811. The average Bonchev–Trinajstić information content (AvgIpc) is 2.57. The predicted molar refractivity (Wildman–Crippen MR) is 52.2 cm³/mol. The molecular formula is C8H15N3S. The molecule has 0 spiro atoms.